The van der Waals surface area contributed by atoms with Crippen molar-refractivity contribution in [2.45, 2.75) is 24.2 Å². The van der Waals surface area contributed by atoms with Crippen molar-refractivity contribution in [2.75, 3.05) is 12.4 Å². The van der Waals surface area contributed by atoms with Crippen LogP contribution in [0.5, 0.6) is 0 Å². The molecule has 1 unspecified atom stereocenters. The Morgan fingerprint density at radius 2 is 2.07 bits per heavy atom. The molecule has 1 aliphatic heterocycles. The average Bonchev–Trinajstić information content (AvgIpc) is 2.66. The monoisotopic (exact) mass is 206 g/mol. The van der Waals surface area contributed by atoms with Crippen molar-refractivity contribution in [2.24, 2.45) is 0 Å². The molecule has 2 aliphatic rings. The summed E-state index contributed by atoms with van der Waals surface area (Å²) in [6.45, 7) is 0.937. The Morgan fingerprint density at radius 1 is 1.21 bits per heavy atom. The lowest BCUT2D eigenvalue weighted by Gasteiger charge is -2.32. The van der Waals surface area contributed by atoms with Crippen LogP contribution in [0.3, 0.4) is 0 Å². The summed E-state index contributed by atoms with van der Waals surface area (Å²) < 4.78 is 5.90. The maximum atomic E-state index is 5.90. The Morgan fingerprint density at radius 3 is 2.86 bits per heavy atom. The van der Waals surface area contributed by atoms with E-state index in [1.165, 1.54) is 29.7 Å². The van der Waals surface area contributed by atoms with Crippen LogP contribution in [0.2, 0.25) is 0 Å². The topological polar surface area (TPSA) is 9.23 Å². The molecule has 1 aromatic rings. The first-order valence-electron chi connectivity index (χ1n) is 5.23. The molecule has 1 spiro atoms. The molecule has 1 atom stereocenters. The molecule has 0 amide bonds. The quantitative estimate of drug-likeness (QED) is 0.645. The highest BCUT2D eigenvalue weighted by Crippen LogP contribution is 2.43. The zero-order chi connectivity index (χ0) is 9.43. The minimum atomic E-state index is 0.133. The summed E-state index contributed by atoms with van der Waals surface area (Å²) >= 11 is 2.01. The van der Waals surface area contributed by atoms with Crippen LogP contribution in [0, 0.1) is 0 Å². The third kappa shape index (κ3) is 1.37. The van der Waals surface area contributed by atoms with Crippen LogP contribution in [0.1, 0.15) is 17.5 Å². The van der Waals surface area contributed by atoms with Crippen molar-refractivity contribution in [1.29, 1.82) is 0 Å². The van der Waals surface area contributed by atoms with Gasteiger partial charge >= 0.3 is 0 Å². The second kappa shape index (κ2) is 3.28. The SMILES string of the molecule is c1ccc2c(c1)CCC1(C2)OCCS1. The number of aryl methyl sites for hydroxylation is 1. The molecule has 74 valence electrons. The van der Waals surface area contributed by atoms with Crippen molar-refractivity contribution in [3.8, 4) is 0 Å². The lowest BCUT2D eigenvalue weighted by atomic mass is 9.89. The summed E-state index contributed by atoms with van der Waals surface area (Å²) in [5, 5.41) is 0. The minimum Gasteiger partial charge on any atom is -0.363 e. The van der Waals surface area contributed by atoms with Crippen molar-refractivity contribution < 1.29 is 4.74 Å². The van der Waals surface area contributed by atoms with Gasteiger partial charge in [0.1, 0.15) is 4.93 Å². The van der Waals surface area contributed by atoms with Gasteiger partial charge in [-0.05, 0) is 24.0 Å². The minimum absolute atomic E-state index is 0.133. The highest BCUT2D eigenvalue weighted by molar-refractivity contribution is 8.00. The summed E-state index contributed by atoms with van der Waals surface area (Å²) in [6, 6.07) is 8.78. The lowest BCUT2D eigenvalue weighted by molar-refractivity contribution is 0.0414. The third-order valence-electron chi connectivity index (χ3n) is 3.17. The van der Waals surface area contributed by atoms with Crippen LogP contribution in [-0.4, -0.2) is 17.3 Å². The third-order valence-corrected chi connectivity index (χ3v) is 4.53. The molecule has 0 saturated carbocycles. The molecule has 1 nitrogen and oxygen atoms in total. The highest BCUT2D eigenvalue weighted by Gasteiger charge is 2.38. The molecule has 0 bridgehead atoms. The van der Waals surface area contributed by atoms with Gasteiger partial charge in [0.15, 0.2) is 0 Å². The van der Waals surface area contributed by atoms with Crippen molar-refractivity contribution in [1.82, 2.24) is 0 Å². The van der Waals surface area contributed by atoms with Gasteiger partial charge in [-0.2, -0.15) is 0 Å². The summed E-state index contributed by atoms with van der Waals surface area (Å²) in [5.41, 5.74) is 3.02. The normalized spacial score (nSPS) is 30.6. The maximum Gasteiger partial charge on any atom is 0.118 e. The fraction of sp³-hybridized carbons (Fsp3) is 0.500. The van der Waals surface area contributed by atoms with Gasteiger partial charge in [0, 0.05) is 12.2 Å². The van der Waals surface area contributed by atoms with E-state index in [1.807, 2.05) is 11.8 Å². The summed E-state index contributed by atoms with van der Waals surface area (Å²) in [6.07, 6.45) is 3.48. The average molecular weight is 206 g/mol. The first-order chi connectivity index (χ1) is 6.88. The molecule has 1 saturated heterocycles. The van der Waals surface area contributed by atoms with E-state index in [2.05, 4.69) is 24.3 Å². The van der Waals surface area contributed by atoms with Gasteiger partial charge in [0.2, 0.25) is 0 Å². The van der Waals surface area contributed by atoms with E-state index >= 15 is 0 Å². The number of benzene rings is 1. The van der Waals surface area contributed by atoms with Crippen molar-refractivity contribution in [3.63, 3.8) is 0 Å². The van der Waals surface area contributed by atoms with E-state index in [-0.39, 0.29) is 4.93 Å². The Bertz CT molecular complexity index is 342. The molecule has 2 heteroatoms. The predicted octanol–water partition coefficient (Wildman–Crippen LogP) is 2.64. The molecular formula is C12H14OS. The first-order valence-corrected chi connectivity index (χ1v) is 6.21. The van der Waals surface area contributed by atoms with Crippen LogP contribution >= 0.6 is 11.8 Å². The molecule has 14 heavy (non-hydrogen) atoms. The zero-order valence-corrected chi connectivity index (χ0v) is 8.98. The molecule has 0 aromatic heterocycles. The van der Waals surface area contributed by atoms with Gasteiger partial charge in [-0.25, -0.2) is 0 Å². The lowest BCUT2D eigenvalue weighted by Crippen LogP contribution is -2.32. The smallest absolute Gasteiger partial charge is 0.118 e. The van der Waals surface area contributed by atoms with Gasteiger partial charge in [-0.1, -0.05) is 24.3 Å². The Labute approximate surface area is 88.8 Å². The van der Waals surface area contributed by atoms with Crippen molar-refractivity contribution >= 4 is 11.8 Å². The van der Waals surface area contributed by atoms with Crippen molar-refractivity contribution in [3.05, 3.63) is 35.4 Å². The molecule has 1 aromatic carbocycles. The van der Waals surface area contributed by atoms with Gasteiger partial charge in [-0.15, -0.1) is 11.8 Å². The number of thioether (sulfide) groups is 1. The van der Waals surface area contributed by atoms with Gasteiger partial charge < -0.3 is 4.74 Å². The number of hydrogen-bond donors (Lipinski definition) is 0. The number of hydrogen-bond acceptors (Lipinski definition) is 2. The molecule has 3 rings (SSSR count). The molecular weight excluding hydrogens is 192 g/mol. The summed E-state index contributed by atoms with van der Waals surface area (Å²) in [7, 11) is 0. The standard InChI is InChI=1S/C12H14OS/c1-2-4-11-9-12(13-7-8-14-12)6-5-10(11)3-1/h1-4H,5-9H2. The van der Waals surface area contributed by atoms with Gasteiger partial charge in [0.25, 0.3) is 0 Å². The van der Waals surface area contributed by atoms with Crippen LogP contribution < -0.4 is 0 Å². The fourth-order valence-corrected chi connectivity index (χ4v) is 3.63. The van der Waals surface area contributed by atoms with Crippen LogP contribution in [0.4, 0.5) is 0 Å². The van der Waals surface area contributed by atoms with E-state index in [0.29, 0.717) is 0 Å². The van der Waals surface area contributed by atoms with E-state index in [9.17, 15) is 0 Å². The summed E-state index contributed by atoms with van der Waals surface area (Å²) in [5.74, 6) is 1.17. The second-order valence-corrected chi connectivity index (χ2v) is 5.49. The highest BCUT2D eigenvalue weighted by atomic mass is 32.2. The molecule has 0 radical (unpaired) electrons. The van der Waals surface area contributed by atoms with Crippen LogP contribution in [0.15, 0.2) is 24.3 Å². The number of ether oxygens (including phenoxy) is 1. The maximum absolute atomic E-state index is 5.90. The molecule has 1 fully saturated rings. The van der Waals surface area contributed by atoms with Crippen LogP contribution in [-0.2, 0) is 17.6 Å². The second-order valence-electron chi connectivity index (χ2n) is 4.05. The fourth-order valence-electron chi connectivity index (χ4n) is 2.42. The molecule has 1 heterocycles. The summed E-state index contributed by atoms with van der Waals surface area (Å²) in [4.78, 5) is 0.133. The Hall–Kier alpha value is -0.470. The Kier molecular flexibility index (Phi) is 2.06. The van der Waals surface area contributed by atoms with E-state index in [0.717, 1.165) is 13.0 Å². The number of rotatable bonds is 0. The molecule has 1 aliphatic carbocycles. The van der Waals surface area contributed by atoms with E-state index in [4.69, 9.17) is 4.74 Å². The van der Waals surface area contributed by atoms with E-state index < -0.39 is 0 Å². The van der Waals surface area contributed by atoms with Gasteiger partial charge in [-0.3, -0.25) is 0 Å². The largest absolute Gasteiger partial charge is 0.363 e. The number of fused-ring (bicyclic) bond motifs is 1. The van der Waals surface area contributed by atoms with Crippen LogP contribution in [0.25, 0.3) is 0 Å². The zero-order valence-electron chi connectivity index (χ0n) is 8.16. The first kappa shape index (κ1) is 8.81. The van der Waals surface area contributed by atoms with Gasteiger partial charge in [0.05, 0.1) is 6.61 Å². The predicted molar refractivity (Wildman–Crippen MR) is 59.6 cm³/mol. The Balaban J connectivity index is 1.92. The van der Waals surface area contributed by atoms with E-state index in [1.54, 1.807) is 0 Å². The molecule has 0 N–H and O–H groups in total.